The minimum atomic E-state index is -0.00723. The monoisotopic (exact) mass is 290 g/mol. The van der Waals surface area contributed by atoms with Crippen molar-refractivity contribution in [3.05, 3.63) is 27.5 Å². The molecule has 18 heavy (non-hydrogen) atoms. The smallest absolute Gasteiger partial charge is 0.135 e. The lowest BCUT2D eigenvalue weighted by Crippen LogP contribution is -2.46. The number of morpholine rings is 1. The van der Waals surface area contributed by atoms with E-state index in [1.165, 1.54) is 0 Å². The number of aryl methyl sites for hydroxylation is 1. The highest BCUT2D eigenvalue weighted by Crippen LogP contribution is 2.26. The van der Waals surface area contributed by atoms with Crippen LogP contribution in [0.25, 0.3) is 0 Å². The van der Waals surface area contributed by atoms with Gasteiger partial charge < -0.3 is 9.84 Å². The molecular weight excluding hydrogens is 275 g/mol. The Balaban J connectivity index is 2.17. The van der Waals surface area contributed by atoms with Gasteiger partial charge in [0, 0.05) is 29.4 Å². The summed E-state index contributed by atoms with van der Waals surface area (Å²) in [4.78, 5) is 6.33. The standard InChI is InChI=1S/C12H16Cl2N2O2/c1-8-4-11(13)10(12(14)15-8)5-16-2-3-18-7-9(16)6-17/h4,9,17H,2-3,5-7H2,1H3. The van der Waals surface area contributed by atoms with Crippen LogP contribution >= 0.6 is 23.2 Å². The topological polar surface area (TPSA) is 45.6 Å². The molecule has 1 saturated heterocycles. The first kappa shape index (κ1) is 14.0. The summed E-state index contributed by atoms with van der Waals surface area (Å²) in [6, 6.07) is 1.80. The molecule has 1 fully saturated rings. The highest BCUT2D eigenvalue weighted by molar-refractivity contribution is 6.35. The summed E-state index contributed by atoms with van der Waals surface area (Å²) >= 11 is 12.3. The summed E-state index contributed by atoms with van der Waals surface area (Å²) in [6.07, 6.45) is 0. The second kappa shape index (κ2) is 6.17. The fourth-order valence-corrected chi connectivity index (χ4v) is 2.68. The molecule has 0 radical (unpaired) electrons. The number of aliphatic hydroxyl groups excluding tert-OH is 1. The molecule has 1 atom stereocenters. The van der Waals surface area contributed by atoms with E-state index in [2.05, 4.69) is 9.88 Å². The van der Waals surface area contributed by atoms with Gasteiger partial charge in [0.15, 0.2) is 0 Å². The molecule has 2 heterocycles. The summed E-state index contributed by atoms with van der Waals surface area (Å²) < 4.78 is 5.34. The number of halogens is 2. The third kappa shape index (κ3) is 3.13. The molecule has 1 aromatic rings. The number of rotatable bonds is 3. The number of ether oxygens (including phenoxy) is 1. The molecule has 6 heteroatoms. The van der Waals surface area contributed by atoms with E-state index in [0.717, 1.165) is 17.8 Å². The molecule has 1 aliphatic heterocycles. The maximum absolute atomic E-state index is 9.32. The number of hydrogen-bond acceptors (Lipinski definition) is 4. The summed E-state index contributed by atoms with van der Waals surface area (Å²) in [5.41, 5.74) is 1.61. The number of aliphatic hydroxyl groups is 1. The van der Waals surface area contributed by atoms with Crippen LogP contribution in [-0.4, -0.2) is 47.4 Å². The zero-order valence-electron chi connectivity index (χ0n) is 10.2. The van der Waals surface area contributed by atoms with Crippen LogP contribution < -0.4 is 0 Å². The summed E-state index contributed by atoms with van der Waals surface area (Å²) in [5, 5.41) is 10.4. The van der Waals surface area contributed by atoms with Gasteiger partial charge in [-0.15, -0.1) is 0 Å². The quantitative estimate of drug-likeness (QED) is 0.864. The van der Waals surface area contributed by atoms with E-state index < -0.39 is 0 Å². The Labute approximate surface area is 116 Å². The van der Waals surface area contributed by atoms with Gasteiger partial charge in [-0.3, -0.25) is 4.90 Å². The zero-order chi connectivity index (χ0) is 13.1. The first-order valence-electron chi connectivity index (χ1n) is 5.86. The normalized spacial score (nSPS) is 21.2. The van der Waals surface area contributed by atoms with Crippen molar-refractivity contribution in [3.63, 3.8) is 0 Å². The minimum Gasteiger partial charge on any atom is -0.395 e. The maximum atomic E-state index is 9.32. The van der Waals surface area contributed by atoms with E-state index in [1.807, 2.05) is 6.92 Å². The van der Waals surface area contributed by atoms with E-state index in [4.69, 9.17) is 27.9 Å². The van der Waals surface area contributed by atoms with Gasteiger partial charge in [-0.05, 0) is 13.0 Å². The molecule has 4 nitrogen and oxygen atoms in total. The Morgan fingerprint density at radius 1 is 1.56 bits per heavy atom. The molecule has 0 aromatic carbocycles. The van der Waals surface area contributed by atoms with Crippen LogP contribution in [0, 0.1) is 6.92 Å². The third-order valence-corrected chi connectivity index (χ3v) is 3.72. The number of nitrogens with zero attached hydrogens (tertiary/aromatic N) is 2. The Morgan fingerprint density at radius 3 is 3.00 bits per heavy atom. The van der Waals surface area contributed by atoms with Crippen LogP contribution in [0.1, 0.15) is 11.3 Å². The van der Waals surface area contributed by atoms with E-state index in [1.54, 1.807) is 6.07 Å². The molecule has 0 saturated carbocycles. The van der Waals surface area contributed by atoms with Crippen LogP contribution in [0.3, 0.4) is 0 Å². The molecule has 1 N–H and O–H groups in total. The van der Waals surface area contributed by atoms with Gasteiger partial charge in [-0.25, -0.2) is 4.98 Å². The first-order valence-corrected chi connectivity index (χ1v) is 6.61. The number of hydrogen-bond donors (Lipinski definition) is 1. The molecule has 2 rings (SSSR count). The Morgan fingerprint density at radius 2 is 2.33 bits per heavy atom. The minimum absolute atomic E-state index is 0.00723. The van der Waals surface area contributed by atoms with Gasteiger partial charge in [0.2, 0.25) is 0 Å². The van der Waals surface area contributed by atoms with Gasteiger partial charge in [-0.2, -0.15) is 0 Å². The number of aromatic nitrogens is 1. The largest absolute Gasteiger partial charge is 0.395 e. The molecule has 0 aliphatic carbocycles. The fraction of sp³-hybridized carbons (Fsp3) is 0.583. The van der Waals surface area contributed by atoms with Gasteiger partial charge >= 0.3 is 0 Å². The molecule has 0 bridgehead atoms. The van der Waals surface area contributed by atoms with Crippen molar-refractivity contribution < 1.29 is 9.84 Å². The summed E-state index contributed by atoms with van der Waals surface area (Å²) in [6.45, 7) is 4.45. The lowest BCUT2D eigenvalue weighted by atomic mass is 10.2. The first-order chi connectivity index (χ1) is 8.61. The maximum Gasteiger partial charge on any atom is 0.135 e. The second-order valence-corrected chi connectivity index (χ2v) is 5.16. The predicted octanol–water partition coefficient (Wildman–Crippen LogP) is 1.89. The van der Waals surface area contributed by atoms with E-state index in [-0.39, 0.29) is 12.6 Å². The van der Waals surface area contributed by atoms with Crippen LogP contribution in [0.15, 0.2) is 6.07 Å². The van der Waals surface area contributed by atoms with Crippen LogP contribution in [0.2, 0.25) is 10.2 Å². The van der Waals surface area contributed by atoms with Crippen molar-refractivity contribution in [2.45, 2.75) is 19.5 Å². The van der Waals surface area contributed by atoms with Gasteiger partial charge in [0.25, 0.3) is 0 Å². The molecule has 0 amide bonds. The van der Waals surface area contributed by atoms with Crippen molar-refractivity contribution in [1.82, 2.24) is 9.88 Å². The Hall–Kier alpha value is -0.390. The van der Waals surface area contributed by atoms with Gasteiger partial charge in [0.1, 0.15) is 5.15 Å². The molecule has 1 unspecified atom stereocenters. The predicted molar refractivity (Wildman–Crippen MR) is 71.1 cm³/mol. The van der Waals surface area contributed by atoms with Gasteiger partial charge in [0.05, 0.1) is 25.9 Å². The van der Waals surface area contributed by atoms with Crippen molar-refractivity contribution in [3.8, 4) is 0 Å². The van der Waals surface area contributed by atoms with Crippen LogP contribution in [-0.2, 0) is 11.3 Å². The molecular formula is C12H16Cl2N2O2. The van der Waals surface area contributed by atoms with Crippen molar-refractivity contribution in [1.29, 1.82) is 0 Å². The zero-order valence-corrected chi connectivity index (χ0v) is 11.7. The third-order valence-electron chi connectivity index (χ3n) is 3.07. The summed E-state index contributed by atoms with van der Waals surface area (Å²) in [5.74, 6) is 0. The van der Waals surface area contributed by atoms with E-state index >= 15 is 0 Å². The second-order valence-electron chi connectivity index (χ2n) is 4.40. The van der Waals surface area contributed by atoms with Crippen molar-refractivity contribution in [2.24, 2.45) is 0 Å². The molecule has 1 aliphatic rings. The van der Waals surface area contributed by atoms with E-state index in [0.29, 0.717) is 29.9 Å². The molecule has 0 spiro atoms. The lowest BCUT2D eigenvalue weighted by Gasteiger charge is -2.34. The number of pyridine rings is 1. The van der Waals surface area contributed by atoms with Crippen molar-refractivity contribution in [2.75, 3.05) is 26.4 Å². The lowest BCUT2D eigenvalue weighted by molar-refractivity contribution is -0.0312. The molecule has 1 aromatic heterocycles. The summed E-state index contributed by atoms with van der Waals surface area (Å²) in [7, 11) is 0. The van der Waals surface area contributed by atoms with Crippen LogP contribution in [0.5, 0.6) is 0 Å². The van der Waals surface area contributed by atoms with E-state index in [9.17, 15) is 5.11 Å². The highest BCUT2D eigenvalue weighted by atomic mass is 35.5. The average Bonchev–Trinajstić information content (AvgIpc) is 2.34. The average molecular weight is 291 g/mol. The Kier molecular flexibility index (Phi) is 4.81. The van der Waals surface area contributed by atoms with Crippen LogP contribution in [0.4, 0.5) is 0 Å². The van der Waals surface area contributed by atoms with Crippen molar-refractivity contribution >= 4 is 23.2 Å². The van der Waals surface area contributed by atoms with Gasteiger partial charge in [-0.1, -0.05) is 23.2 Å². The Bertz CT molecular complexity index is 406. The fourth-order valence-electron chi connectivity index (χ4n) is 2.03. The SMILES string of the molecule is Cc1cc(Cl)c(CN2CCOCC2CO)c(Cl)n1. The molecule has 100 valence electrons. The highest BCUT2D eigenvalue weighted by Gasteiger charge is 2.24.